The number of hydrogen-bond acceptors (Lipinski definition) is 10. The quantitative estimate of drug-likeness (QED) is 0.0966. The normalized spacial score (nSPS) is 15.8. The van der Waals surface area contributed by atoms with Crippen molar-refractivity contribution in [3.8, 4) is 0 Å². The molecule has 1 aliphatic heterocycles. The lowest BCUT2D eigenvalue weighted by Gasteiger charge is -2.26. The molecule has 10 nitrogen and oxygen atoms in total. The second kappa shape index (κ2) is 22.9. The SMILES string of the molecule is CO[Si](C)(CCCNC(CCCN1C=CN(CCCC(CCN(C)C)NCCC[Si](C)(OC)OC)C1)CCN(C)C)OC. The van der Waals surface area contributed by atoms with E-state index in [1.807, 2.05) is 0 Å². The van der Waals surface area contributed by atoms with Crippen molar-refractivity contribution in [1.29, 1.82) is 0 Å². The van der Waals surface area contributed by atoms with Gasteiger partial charge in [-0.15, -0.1) is 0 Å². The van der Waals surface area contributed by atoms with Crippen LogP contribution >= 0.6 is 0 Å². The van der Waals surface area contributed by atoms with Gasteiger partial charge >= 0.3 is 17.1 Å². The Bertz CT molecular complexity index is 658. The van der Waals surface area contributed by atoms with Gasteiger partial charge in [-0.2, -0.15) is 0 Å². The van der Waals surface area contributed by atoms with Gasteiger partial charge in [0.15, 0.2) is 0 Å². The van der Waals surface area contributed by atoms with Crippen LogP contribution in [0.25, 0.3) is 0 Å². The van der Waals surface area contributed by atoms with Gasteiger partial charge in [-0.3, -0.25) is 0 Å². The lowest BCUT2D eigenvalue weighted by molar-refractivity contribution is 0.244. The van der Waals surface area contributed by atoms with Gasteiger partial charge in [-0.05, 0) is 131 Å². The first-order valence-electron chi connectivity index (χ1n) is 16.6. The van der Waals surface area contributed by atoms with E-state index in [4.69, 9.17) is 17.7 Å². The highest BCUT2D eigenvalue weighted by molar-refractivity contribution is 6.66. The van der Waals surface area contributed by atoms with E-state index in [1.165, 1.54) is 38.5 Å². The van der Waals surface area contributed by atoms with E-state index in [9.17, 15) is 0 Å². The molecular weight excluding hydrogens is 577 g/mol. The second-order valence-corrected chi connectivity index (χ2v) is 20.3. The van der Waals surface area contributed by atoms with E-state index < -0.39 is 17.1 Å². The summed E-state index contributed by atoms with van der Waals surface area (Å²) in [6.45, 7) is 11.8. The summed E-state index contributed by atoms with van der Waals surface area (Å²) >= 11 is 0. The van der Waals surface area contributed by atoms with Crippen LogP contribution in [-0.2, 0) is 17.7 Å². The molecule has 0 radical (unpaired) electrons. The zero-order valence-electron chi connectivity index (χ0n) is 29.8. The van der Waals surface area contributed by atoms with Gasteiger partial charge in [0.1, 0.15) is 0 Å². The van der Waals surface area contributed by atoms with Crippen LogP contribution in [-0.4, -0.2) is 151 Å². The average molecular weight is 647 g/mol. The van der Waals surface area contributed by atoms with Crippen LogP contribution in [0.2, 0.25) is 25.2 Å². The molecule has 0 aromatic heterocycles. The van der Waals surface area contributed by atoms with Crippen molar-refractivity contribution in [1.82, 2.24) is 30.2 Å². The standard InChI is InChI=1S/C31H70N6O4Si2/c1-34(2)23-17-30(32-19-13-27-42(9,38-5)39-6)15-11-21-36-25-26-37(29-36)22-12-16-31(18-24-35(3)4)33-20-14-28-43(10,40-7)41-8/h25-26,30-33H,11-24,27-29H2,1-10H3. The van der Waals surface area contributed by atoms with Gasteiger partial charge in [0.2, 0.25) is 0 Å². The molecule has 2 N–H and O–H groups in total. The van der Waals surface area contributed by atoms with Crippen molar-refractivity contribution in [2.24, 2.45) is 0 Å². The highest BCUT2D eigenvalue weighted by atomic mass is 28.4. The van der Waals surface area contributed by atoms with Gasteiger partial charge in [-0.1, -0.05) is 0 Å². The van der Waals surface area contributed by atoms with Crippen molar-refractivity contribution in [3.05, 3.63) is 12.4 Å². The summed E-state index contributed by atoms with van der Waals surface area (Å²) in [5.41, 5.74) is 0. The Morgan fingerprint density at radius 3 is 1.33 bits per heavy atom. The fourth-order valence-corrected chi connectivity index (χ4v) is 8.21. The lowest BCUT2D eigenvalue weighted by atomic mass is 10.1. The Hall–Kier alpha value is -0.546. The Morgan fingerprint density at radius 1 is 0.628 bits per heavy atom. The van der Waals surface area contributed by atoms with E-state index in [0.29, 0.717) is 12.1 Å². The second-order valence-electron chi connectivity index (χ2n) is 13.1. The van der Waals surface area contributed by atoms with Crippen LogP contribution in [0.3, 0.4) is 0 Å². The molecule has 2 atom stereocenters. The molecule has 0 bridgehead atoms. The summed E-state index contributed by atoms with van der Waals surface area (Å²) in [6.07, 6.45) is 14.0. The molecule has 0 saturated carbocycles. The van der Waals surface area contributed by atoms with Crippen molar-refractivity contribution >= 4 is 17.1 Å². The number of rotatable bonds is 28. The van der Waals surface area contributed by atoms with Crippen LogP contribution in [0.5, 0.6) is 0 Å². The minimum atomic E-state index is -1.98. The summed E-state index contributed by atoms with van der Waals surface area (Å²) in [7, 11) is 11.8. The highest BCUT2D eigenvalue weighted by Crippen LogP contribution is 2.16. The van der Waals surface area contributed by atoms with Gasteiger partial charge in [0, 0.05) is 66.0 Å². The smallest absolute Gasteiger partial charge is 0.334 e. The molecular formula is C31H70N6O4Si2. The minimum Gasteiger partial charge on any atom is -0.398 e. The van der Waals surface area contributed by atoms with Gasteiger partial charge in [0.05, 0.1) is 6.67 Å². The zero-order valence-corrected chi connectivity index (χ0v) is 31.8. The first kappa shape index (κ1) is 40.5. The van der Waals surface area contributed by atoms with Gasteiger partial charge in [-0.25, -0.2) is 0 Å². The van der Waals surface area contributed by atoms with Gasteiger partial charge < -0.3 is 47.9 Å². The maximum Gasteiger partial charge on any atom is 0.334 e. The summed E-state index contributed by atoms with van der Waals surface area (Å²) in [6, 6.07) is 3.15. The van der Waals surface area contributed by atoms with Crippen LogP contribution in [0.1, 0.15) is 51.4 Å². The largest absolute Gasteiger partial charge is 0.398 e. The third kappa shape index (κ3) is 18.9. The average Bonchev–Trinajstić information content (AvgIpc) is 3.45. The molecule has 0 aromatic carbocycles. The number of nitrogens with one attached hydrogen (secondary N) is 2. The third-order valence-corrected chi connectivity index (χ3v) is 14.9. The number of nitrogens with zero attached hydrogens (tertiary/aromatic N) is 4. The molecule has 0 aliphatic carbocycles. The van der Waals surface area contributed by atoms with Crippen molar-refractivity contribution in [3.63, 3.8) is 0 Å². The molecule has 0 amide bonds. The van der Waals surface area contributed by atoms with Crippen LogP contribution < -0.4 is 10.6 Å². The molecule has 0 spiro atoms. The highest BCUT2D eigenvalue weighted by Gasteiger charge is 2.28. The van der Waals surface area contributed by atoms with E-state index >= 15 is 0 Å². The predicted octanol–water partition coefficient (Wildman–Crippen LogP) is 3.92. The fraction of sp³-hybridized carbons (Fsp3) is 0.935. The van der Waals surface area contributed by atoms with E-state index in [2.05, 4.69) is 83.9 Å². The Labute approximate surface area is 268 Å². The van der Waals surface area contributed by atoms with Gasteiger partial charge in [0.25, 0.3) is 0 Å². The minimum absolute atomic E-state index is 0.551. The Balaban J connectivity index is 2.37. The molecule has 1 aliphatic rings. The lowest BCUT2D eigenvalue weighted by Crippen LogP contribution is -2.38. The predicted molar refractivity (Wildman–Crippen MR) is 186 cm³/mol. The van der Waals surface area contributed by atoms with Crippen molar-refractivity contribution in [2.75, 3.05) is 103 Å². The maximum absolute atomic E-state index is 5.65. The van der Waals surface area contributed by atoms with E-state index in [-0.39, 0.29) is 0 Å². The van der Waals surface area contributed by atoms with Crippen molar-refractivity contribution in [2.45, 2.75) is 88.6 Å². The Morgan fingerprint density at radius 2 is 1.00 bits per heavy atom. The molecule has 0 fully saturated rings. The zero-order chi connectivity index (χ0) is 32.1. The first-order valence-corrected chi connectivity index (χ1v) is 21.7. The van der Waals surface area contributed by atoms with E-state index in [0.717, 1.165) is 70.9 Å². The molecule has 43 heavy (non-hydrogen) atoms. The molecule has 2 unspecified atom stereocenters. The van der Waals surface area contributed by atoms with Crippen molar-refractivity contribution < 1.29 is 17.7 Å². The molecule has 1 heterocycles. The molecule has 256 valence electrons. The van der Waals surface area contributed by atoms with Crippen LogP contribution in [0.15, 0.2) is 12.4 Å². The number of hydrogen-bond donors (Lipinski definition) is 2. The summed E-state index contributed by atoms with van der Waals surface area (Å²) < 4.78 is 22.6. The van der Waals surface area contributed by atoms with Crippen LogP contribution in [0, 0.1) is 0 Å². The fourth-order valence-electron chi connectivity index (χ4n) is 5.42. The Kier molecular flexibility index (Phi) is 21.5. The molecule has 12 heteroatoms. The summed E-state index contributed by atoms with van der Waals surface area (Å²) in [4.78, 5) is 9.53. The first-order chi connectivity index (χ1) is 20.5. The molecule has 0 aromatic rings. The molecule has 1 rings (SSSR count). The summed E-state index contributed by atoms with van der Waals surface area (Å²) in [5, 5.41) is 7.67. The van der Waals surface area contributed by atoms with E-state index in [1.54, 1.807) is 28.4 Å². The monoisotopic (exact) mass is 646 g/mol. The maximum atomic E-state index is 5.65. The van der Waals surface area contributed by atoms with Crippen LogP contribution in [0.4, 0.5) is 0 Å². The molecule has 0 saturated heterocycles. The summed E-state index contributed by atoms with van der Waals surface area (Å²) in [5.74, 6) is 0. The third-order valence-electron chi connectivity index (χ3n) is 8.91. The topological polar surface area (TPSA) is 73.9 Å².